The lowest BCUT2D eigenvalue weighted by Gasteiger charge is -2.14. The third-order valence-corrected chi connectivity index (χ3v) is 5.55. The molecule has 4 rings (SSSR count). The number of anilines is 1. The molecule has 0 saturated heterocycles. The molecule has 0 saturated carbocycles. The third kappa shape index (κ3) is 7.02. The van der Waals surface area contributed by atoms with Crippen LogP contribution < -0.4 is 20.8 Å². The van der Waals surface area contributed by atoms with Crippen molar-refractivity contribution >= 4 is 40.4 Å². The molecule has 0 aliphatic heterocycles. The van der Waals surface area contributed by atoms with Gasteiger partial charge in [0.15, 0.2) is 6.61 Å². The van der Waals surface area contributed by atoms with Crippen LogP contribution in [0, 0.1) is 0 Å². The Bertz CT molecular complexity index is 1410. The first-order valence-electron chi connectivity index (χ1n) is 11.7. The number of nitrogens with one attached hydrogen (secondary N) is 3. The molecule has 186 valence electrons. The number of hydrogen-bond acceptors (Lipinski definition) is 5. The van der Waals surface area contributed by atoms with Gasteiger partial charge in [-0.2, -0.15) is 5.10 Å². The Balaban J connectivity index is 1.23. The topological polar surface area (TPSA) is 109 Å². The molecule has 1 atom stereocenters. The first-order chi connectivity index (χ1) is 18.0. The van der Waals surface area contributed by atoms with Gasteiger partial charge in [0.25, 0.3) is 5.91 Å². The Hall–Kier alpha value is -4.98. The molecule has 8 heteroatoms. The van der Waals surface area contributed by atoms with E-state index in [1.165, 1.54) is 6.21 Å². The molecule has 3 amide bonds. The van der Waals surface area contributed by atoms with E-state index in [4.69, 9.17) is 4.74 Å². The number of nitrogens with zero attached hydrogens (tertiary/aromatic N) is 1. The SMILES string of the molecule is C[C@H](NC(=O)COc1ccc(/C=N\NC(=O)C(=O)Nc2cccc3ccccc23)cc1)c1ccccc1. The zero-order valence-electron chi connectivity index (χ0n) is 20.2. The van der Waals surface area contributed by atoms with Gasteiger partial charge < -0.3 is 15.4 Å². The Kier molecular flexibility index (Phi) is 8.23. The van der Waals surface area contributed by atoms with Crippen molar-refractivity contribution in [1.29, 1.82) is 0 Å². The van der Waals surface area contributed by atoms with E-state index in [0.717, 1.165) is 16.3 Å². The highest BCUT2D eigenvalue weighted by Gasteiger charge is 2.14. The quantitative estimate of drug-likeness (QED) is 0.194. The first-order valence-corrected chi connectivity index (χ1v) is 11.7. The van der Waals surface area contributed by atoms with Crippen LogP contribution in [-0.2, 0) is 14.4 Å². The van der Waals surface area contributed by atoms with Gasteiger partial charge in [0, 0.05) is 11.1 Å². The Morgan fingerprint density at radius 3 is 2.32 bits per heavy atom. The molecule has 0 spiro atoms. The lowest BCUT2D eigenvalue weighted by molar-refractivity contribution is -0.136. The maximum Gasteiger partial charge on any atom is 0.329 e. The van der Waals surface area contributed by atoms with Crippen molar-refractivity contribution in [3.05, 3.63) is 108 Å². The zero-order valence-corrected chi connectivity index (χ0v) is 20.2. The highest BCUT2D eigenvalue weighted by atomic mass is 16.5. The summed E-state index contributed by atoms with van der Waals surface area (Å²) in [6.45, 7) is 1.79. The molecule has 8 nitrogen and oxygen atoms in total. The van der Waals surface area contributed by atoms with Crippen molar-refractivity contribution < 1.29 is 19.1 Å². The molecule has 0 aliphatic carbocycles. The normalized spacial score (nSPS) is 11.6. The zero-order chi connectivity index (χ0) is 26.0. The van der Waals surface area contributed by atoms with Crippen molar-refractivity contribution in [3.63, 3.8) is 0 Å². The van der Waals surface area contributed by atoms with Crippen LogP contribution in [0.1, 0.15) is 24.1 Å². The molecule has 0 bridgehead atoms. The van der Waals surface area contributed by atoms with Gasteiger partial charge >= 0.3 is 11.8 Å². The van der Waals surface area contributed by atoms with Crippen LogP contribution >= 0.6 is 0 Å². The van der Waals surface area contributed by atoms with E-state index in [1.54, 1.807) is 36.4 Å². The van der Waals surface area contributed by atoms with Crippen LogP contribution in [0.2, 0.25) is 0 Å². The number of benzene rings is 4. The van der Waals surface area contributed by atoms with E-state index in [0.29, 0.717) is 17.0 Å². The van der Waals surface area contributed by atoms with Gasteiger partial charge in [-0.15, -0.1) is 0 Å². The summed E-state index contributed by atoms with van der Waals surface area (Å²) in [5.74, 6) is -1.43. The van der Waals surface area contributed by atoms with Crippen molar-refractivity contribution in [3.8, 4) is 5.75 Å². The fraction of sp³-hybridized carbons (Fsp3) is 0.103. The van der Waals surface area contributed by atoms with Gasteiger partial charge in [-0.05, 0) is 53.8 Å². The number of hydrazone groups is 1. The van der Waals surface area contributed by atoms with Crippen LogP contribution in [0.4, 0.5) is 5.69 Å². The van der Waals surface area contributed by atoms with Gasteiger partial charge in [0.05, 0.1) is 12.3 Å². The fourth-order valence-electron chi connectivity index (χ4n) is 3.64. The molecule has 0 unspecified atom stereocenters. The summed E-state index contributed by atoms with van der Waals surface area (Å²) >= 11 is 0. The molecular formula is C29H26N4O4. The van der Waals surface area contributed by atoms with Crippen molar-refractivity contribution in [2.45, 2.75) is 13.0 Å². The lowest BCUT2D eigenvalue weighted by atomic mass is 10.1. The highest BCUT2D eigenvalue weighted by Crippen LogP contribution is 2.22. The van der Waals surface area contributed by atoms with Gasteiger partial charge in [-0.3, -0.25) is 14.4 Å². The summed E-state index contributed by atoms with van der Waals surface area (Å²) in [7, 11) is 0. The van der Waals surface area contributed by atoms with Crippen LogP contribution in [0.15, 0.2) is 102 Å². The molecule has 0 aliphatic rings. The minimum Gasteiger partial charge on any atom is -0.484 e. The molecular weight excluding hydrogens is 468 g/mol. The van der Waals surface area contributed by atoms with Crippen LogP contribution in [-0.4, -0.2) is 30.5 Å². The number of rotatable bonds is 8. The van der Waals surface area contributed by atoms with Gasteiger partial charge in [-0.1, -0.05) is 66.7 Å². The summed E-state index contributed by atoms with van der Waals surface area (Å²) in [5.41, 5.74) is 4.44. The van der Waals surface area contributed by atoms with Gasteiger partial charge in [0.1, 0.15) is 5.75 Å². The molecule has 0 radical (unpaired) electrons. The van der Waals surface area contributed by atoms with E-state index >= 15 is 0 Å². The minimum absolute atomic E-state index is 0.119. The minimum atomic E-state index is -0.889. The van der Waals surface area contributed by atoms with Crippen LogP contribution in [0.3, 0.4) is 0 Å². The predicted molar refractivity (Wildman–Crippen MR) is 143 cm³/mol. The van der Waals surface area contributed by atoms with E-state index in [2.05, 4.69) is 21.2 Å². The number of hydrogen-bond donors (Lipinski definition) is 3. The first kappa shape index (κ1) is 25.1. The summed E-state index contributed by atoms with van der Waals surface area (Å²) in [5, 5.41) is 11.1. The Morgan fingerprint density at radius 1 is 0.838 bits per heavy atom. The average molecular weight is 495 g/mol. The third-order valence-electron chi connectivity index (χ3n) is 5.55. The highest BCUT2D eigenvalue weighted by molar-refractivity contribution is 6.40. The standard InChI is InChI=1S/C29H26N4O4/c1-20(22-8-3-2-4-9-22)31-27(34)19-37-24-16-14-21(15-17-24)18-30-33-29(36)28(35)32-26-13-7-11-23-10-5-6-12-25(23)26/h2-18,20H,19H2,1H3,(H,31,34)(H,32,35)(H,33,36)/b30-18-/t20-/m0/s1. The van der Waals surface area contributed by atoms with Gasteiger partial charge in [0.2, 0.25) is 0 Å². The van der Waals surface area contributed by atoms with Crippen molar-refractivity contribution in [2.24, 2.45) is 5.10 Å². The van der Waals surface area contributed by atoms with E-state index in [1.807, 2.05) is 67.6 Å². The maximum atomic E-state index is 12.3. The van der Waals surface area contributed by atoms with Crippen LogP contribution in [0.25, 0.3) is 10.8 Å². The fourth-order valence-corrected chi connectivity index (χ4v) is 3.64. The number of carbonyl (C=O) groups excluding carboxylic acids is 3. The van der Waals surface area contributed by atoms with Crippen molar-refractivity contribution in [2.75, 3.05) is 11.9 Å². The van der Waals surface area contributed by atoms with Crippen molar-refractivity contribution in [1.82, 2.24) is 10.7 Å². The second-order valence-electron chi connectivity index (χ2n) is 8.24. The summed E-state index contributed by atoms with van der Waals surface area (Å²) in [6, 6.07) is 29.4. The van der Waals surface area contributed by atoms with E-state index in [-0.39, 0.29) is 18.6 Å². The summed E-state index contributed by atoms with van der Waals surface area (Å²) < 4.78 is 5.54. The largest absolute Gasteiger partial charge is 0.484 e. The predicted octanol–water partition coefficient (Wildman–Crippen LogP) is 4.18. The maximum absolute atomic E-state index is 12.3. The molecule has 4 aromatic rings. The molecule has 0 heterocycles. The molecule has 0 fully saturated rings. The second-order valence-corrected chi connectivity index (χ2v) is 8.24. The van der Waals surface area contributed by atoms with Gasteiger partial charge in [-0.25, -0.2) is 5.43 Å². The molecule has 3 N–H and O–H groups in total. The number of ether oxygens (including phenoxy) is 1. The number of carbonyl (C=O) groups is 3. The lowest BCUT2D eigenvalue weighted by Crippen LogP contribution is -2.32. The van der Waals surface area contributed by atoms with Crippen LogP contribution in [0.5, 0.6) is 5.75 Å². The average Bonchev–Trinajstić information content (AvgIpc) is 2.93. The summed E-state index contributed by atoms with van der Waals surface area (Å²) in [6.07, 6.45) is 1.40. The monoisotopic (exact) mass is 494 g/mol. The number of amides is 3. The Morgan fingerprint density at radius 2 is 1.54 bits per heavy atom. The van der Waals surface area contributed by atoms with E-state index < -0.39 is 11.8 Å². The Labute approximate surface area is 214 Å². The molecule has 4 aromatic carbocycles. The number of fused-ring (bicyclic) bond motifs is 1. The van der Waals surface area contributed by atoms with E-state index in [9.17, 15) is 14.4 Å². The second kappa shape index (κ2) is 12.1. The smallest absolute Gasteiger partial charge is 0.329 e. The summed E-state index contributed by atoms with van der Waals surface area (Å²) in [4.78, 5) is 36.6. The molecule has 37 heavy (non-hydrogen) atoms. The molecule has 0 aromatic heterocycles.